The van der Waals surface area contributed by atoms with Gasteiger partial charge in [0.1, 0.15) is 24.6 Å². The number of carbonyl (C=O) groups is 2. The van der Waals surface area contributed by atoms with Crippen LogP contribution < -0.4 is 0 Å². The molecule has 1 aliphatic rings. The molecule has 0 spiro atoms. The Morgan fingerprint density at radius 1 is 0.674 bits per heavy atom. The third-order valence-electron chi connectivity index (χ3n) is 8.32. The summed E-state index contributed by atoms with van der Waals surface area (Å²) >= 11 is 0. The number of oxime groups is 1. The second-order valence-electron chi connectivity index (χ2n) is 12.9. The smallest absolute Gasteiger partial charge is 0.338 e. The Kier molecular flexibility index (Phi) is 10.7. The molecule has 0 atom stereocenters. The van der Waals surface area contributed by atoms with Crippen LogP contribution in [0.5, 0.6) is 0 Å². The maximum absolute atomic E-state index is 14.1. The normalized spacial score (nSPS) is 14.7. The average molecular weight is 618 g/mol. The van der Waals surface area contributed by atoms with Gasteiger partial charge in [0.05, 0.1) is 11.0 Å². The molecule has 238 valence electrons. The van der Waals surface area contributed by atoms with Crippen molar-refractivity contribution in [1.29, 1.82) is 0 Å². The fourth-order valence-electron chi connectivity index (χ4n) is 5.89. The van der Waals surface area contributed by atoms with Crippen LogP contribution in [0.1, 0.15) is 91.1 Å². The van der Waals surface area contributed by atoms with Crippen molar-refractivity contribution >= 4 is 17.7 Å². The first-order valence-corrected chi connectivity index (χ1v) is 16.1. The third-order valence-corrected chi connectivity index (χ3v) is 8.32. The molecular formula is C40H43NO5. The summed E-state index contributed by atoms with van der Waals surface area (Å²) in [5.41, 5.74) is 4.06. The topological polar surface area (TPSA) is 74.2 Å². The molecule has 4 aromatic carbocycles. The first-order valence-electron chi connectivity index (χ1n) is 16.1. The first kappa shape index (κ1) is 32.7. The molecule has 46 heavy (non-hydrogen) atoms. The number of ether oxygens (including phenoxy) is 2. The van der Waals surface area contributed by atoms with Crippen molar-refractivity contribution in [1.82, 2.24) is 0 Å². The molecule has 0 heterocycles. The Labute approximate surface area is 272 Å². The molecule has 6 nitrogen and oxygen atoms in total. The SMILES string of the molecule is CC(C)(C)OC(=O)c1ccc(C2(C(=O)Cc3ccc(/C(=N/OCc4ccccc4)OCc4ccccc4)cc3)CCCCC2)cc1. The lowest BCUT2D eigenvalue weighted by Gasteiger charge is -2.36. The fourth-order valence-corrected chi connectivity index (χ4v) is 5.89. The maximum Gasteiger partial charge on any atom is 0.338 e. The van der Waals surface area contributed by atoms with Crippen molar-refractivity contribution in [2.24, 2.45) is 5.16 Å². The summed E-state index contributed by atoms with van der Waals surface area (Å²) in [7, 11) is 0. The van der Waals surface area contributed by atoms with Crippen LogP contribution in [0.15, 0.2) is 114 Å². The Morgan fingerprint density at radius 2 is 1.24 bits per heavy atom. The highest BCUT2D eigenvalue weighted by molar-refractivity contribution is 5.95. The van der Waals surface area contributed by atoms with E-state index in [1.54, 1.807) is 12.1 Å². The van der Waals surface area contributed by atoms with E-state index in [0.29, 0.717) is 31.1 Å². The predicted octanol–water partition coefficient (Wildman–Crippen LogP) is 8.75. The van der Waals surface area contributed by atoms with Gasteiger partial charge in [-0.3, -0.25) is 4.79 Å². The summed E-state index contributed by atoms with van der Waals surface area (Å²) < 4.78 is 11.7. The van der Waals surface area contributed by atoms with Crippen LogP contribution in [0.3, 0.4) is 0 Å². The molecule has 1 saturated carbocycles. The number of rotatable bonds is 11. The lowest BCUT2D eigenvalue weighted by molar-refractivity contribution is -0.125. The zero-order chi connectivity index (χ0) is 32.4. The molecular weight excluding hydrogens is 574 g/mol. The van der Waals surface area contributed by atoms with Gasteiger partial charge in [-0.05, 0) is 85.3 Å². The van der Waals surface area contributed by atoms with Gasteiger partial charge >= 0.3 is 5.97 Å². The van der Waals surface area contributed by atoms with Crippen LogP contribution in [-0.2, 0) is 44.2 Å². The van der Waals surface area contributed by atoms with Gasteiger partial charge in [0.25, 0.3) is 5.90 Å². The van der Waals surface area contributed by atoms with E-state index < -0.39 is 11.0 Å². The zero-order valence-electron chi connectivity index (χ0n) is 27.0. The van der Waals surface area contributed by atoms with E-state index in [4.69, 9.17) is 14.3 Å². The van der Waals surface area contributed by atoms with Crippen LogP contribution in [-0.4, -0.2) is 23.3 Å². The summed E-state index contributed by atoms with van der Waals surface area (Å²) in [6.07, 6.45) is 5.05. The number of benzene rings is 4. The zero-order valence-corrected chi connectivity index (χ0v) is 27.0. The van der Waals surface area contributed by atoms with Crippen LogP contribution in [0, 0.1) is 0 Å². The monoisotopic (exact) mass is 617 g/mol. The summed E-state index contributed by atoms with van der Waals surface area (Å²) in [6, 6.07) is 35.0. The van der Waals surface area contributed by atoms with Crippen molar-refractivity contribution in [3.05, 3.63) is 143 Å². The lowest BCUT2D eigenvalue weighted by Crippen LogP contribution is -2.39. The van der Waals surface area contributed by atoms with E-state index in [0.717, 1.165) is 59.9 Å². The van der Waals surface area contributed by atoms with E-state index >= 15 is 0 Å². The Hall–Kier alpha value is -4.71. The fraction of sp³-hybridized carbons (Fsp3) is 0.325. The van der Waals surface area contributed by atoms with E-state index in [2.05, 4.69) is 5.16 Å². The Morgan fingerprint density at radius 3 is 1.83 bits per heavy atom. The van der Waals surface area contributed by atoms with Crippen molar-refractivity contribution < 1.29 is 23.9 Å². The molecule has 1 fully saturated rings. The number of carbonyl (C=O) groups excluding carboxylic acids is 2. The third kappa shape index (κ3) is 8.72. The molecule has 6 heteroatoms. The van der Waals surface area contributed by atoms with Gasteiger partial charge in [0.2, 0.25) is 0 Å². The van der Waals surface area contributed by atoms with Crippen LogP contribution in [0.25, 0.3) is 0 Å². The highest BCUT2D eigenvalue weighted by Gasteiger charge is 2.40. The molecule has 0 radical (unpaired) electrons. The van der Waals surface area contributed by atoms with E-state index in [9.17, 15) is 9.59 Å². The molecule has 1 aliphatic carbocycles. The van der Waals surface area contributed by atoms with Gasteiger partial charge in [0, 0.05) is 12.0 Å². The second kappa shape index (κ2) is 15.0. The van der Waals surface area contributed by atoms with Crippen molar-refractivity contribution in [3.63, 3.8) is 0 Å². The van der Waals surface area contributed by atoms with E-state index in [1.807, 2.05) is 118 Å². The largest absolute Gasteiger partial charge is 0.470 e. The van der Waals surface area contributed by atoms with Gasteiger partial charge in [-0.1, -0.05) is 104 Å². The average Bonchev–Trinajstić information content (AvgIpc) is 3.07. The van der Waals surface area contributed by atoms with Gasteiger partial charge in [0.15, 0.2) is 0 Å². The minimum atomic E-state index is -0.569. The van der Waals surface area contributed by atoms with Crippen LogP contribution >= 0.6 is 0 Å². The van der Waals surface area contributed by atoms with Gasteiger partial charge in [-0.15, -0.1) is 0 Å². The number of hydrogen-bond donors (Lipinski definition) is 0. The molecule has 0 aromatic heterocycles. The second-order valence-corrected chi connectivity index (χ2v) is 12.9. The Balaban J connectivity index is 1.31. The molecule has 5 rings (SSSR count). The van der Waals surface area contributed by atoms with Crippen molar-refractivity contribution in [3.8, 4) is 0 Å². The first-order chi connectivity index (χ1) is 22.2. The van der Waals surface area contributed by atoms with Crippen LogP contribution in [0.4, 0.5) is 0 Å². The van der Waals surface area contributed by atoms with Gasteiger partial charge in [-0.2, -0.15) is 0 Å². The highest BCUT2D eigenvalue weighted by atomic mass is 16.6. The number of esters is 1. The van der Waals surface area contributed by atoms with Crippen LogP contribution in [0.2, 0.25) is 0 Å². The number of hydrogen-bond acceptors (Lipinski definition) is 6. The highest BCUT2D eigenvalue weighted by Crippen LogP contribution is 2.41. The van der Waals surface area contributed by atoms with Gasteiger partial charge in [-0.25, -0.2) is 4.79 Å². The molecule has 0 bridgehead atoms. The standard InChI is InChI=1S/C40H43NO5/c1-39(2,3)46-38(43)34-21-23-35(24-22-34)40(25-11-6-12-26-40)36(42)27-30-17-19-33(20-18-30)37(44-28-31-13-7-4-8-14-31)41-45-29-32-15-9-5-10-16-32/h4-5,7-10,13-24H,6,11-12,25-29H2,1-3H3/b41-37-. The summed E-state index contributed by atoms with van der Waals surface area (Å²) in [5, 5.41) is 4.35. The van der Waals surface area contributed by atoms with Gasteiger partial charge < -0.3 is 14.3 Å². The lowest BCUT2D eigenvalue weighted by atomic mass is 9.65. The molecule has 0 unspecified atom stereocenters. The summed E-state index contributed by atoms with van der Waals surface area (Å²) in [6.45, 7) is 6.24. The molecule has 4 aromatic rings. The van der Waals surface area contributed by atoms with Crippen molar-refractivity contribution in [2.75, 3.05) is 0 Å². The predicted molar refractivity (Wildman–Crippen MR) is 181 cm³/mol. The summed E-state index contributed by atoms with van der Waals surface area (Å²) in [5.74, 6) is 0.223. The number of nitrogens with zero attached hydrogens (tertiary/aromatic N) is 1. The number of Topliss-reactive ketones (excluding diaryl/α,β-unsaturated/α-hetero) is 1. The minimum Gasteiger partial charge on any atom is -0.470 e. The molecule has 0 saturated heterocycles. The quantitative estimate of drug-likeness (QED) is 0.0728. The minimum absolute atomic E-state index is 0.199. The Bertz CT molecular complexity index is 1600. The molecule has 0 amide bonds. The van der Waals surface area contributed by atoms with Crippen molar-refractivity contribution in [2.45, 2.75) is 83.5 Å². The van der Waals surface area contributed by atoms with E-state index in [-0.39, 0.29) is 11.8 Å². The number of ketones is 1. The molecule has 0 aliphatic heterocycles. The van der Waals surface area contributed by atoms with E-state index in [1.165, 1.54) is 0 Å². The molecule has 0 N–H and O–H groups in total. The maximum atomic E-state index is 14.1. The summed E-state index contributed by atoms with van der Waals surface area (Å²) in [4.78, 5) is 32.4.